The molecule has 0 radical (unpaired) electrons. The predicted octanol–water partition coefficient (Wildman–Crippen LogP) is 5.45. The normalized spacial score (nSPS) is 28.6. The molecule has 0 unspecified atom stereocenters. The average Bonchev–Trinajstić information content (AvgIpc) is 3.60. The third-order valence-electron chi connectivity index (χ3n) is 7.29. The lowest BCUT2D eigenvalue weighted by atomic mass is 9.78. The van der Waals surface area contributed by atoms with E-state index >= 15 is 0 Å². The summed E-state index contributed by atoms with van der Waals surface area (Å²) in [5.41, 5.74) is 0.435. The lowest BCUT2D eigenvalue weighted by molar-refractivity contribution is -0.183. The van der Waals surface area contributed by atoms with Gasteiger partial charge in [-0.15, -0.1) is 0 Å². The van der Waals surface area contributed by atoms with E-state index in [1.54, 1.807) is 19.9 Å². The summed E-state index contributed by atoms with van der Waals surface area (Å²) < 4.78 is 64.7. The molecular weight excluding hydrogens is 499 g/mol. The number of fused-ring (bicyclic) bond motifs is 1. The minimum atomic E-state index is -4.45. The van der Waals surface area contributed by atoms with Gasteiger partial charge in [-0.05, 0) is 56.9 Å². The van der Waals surface area contributed by atoms with Crippen molar-refractivity contribution in [1.29, 1.82) is 0 Å². The summed E-state index contributed by atoms with van der Waals surface area (Å²) >= 11 is 0. The van der Waals surface area contributed by atoms with Gasteiger partial charge >= 0.3 is 6.18 Å². The number of rotatable bonds is 8. The van der Waals surface area contributed by atoms with Crippen LogP contribution in [-0.2, 0) is 43.1 Å². The topological polar surface area (TPSA) is 66.0 Å². The molecule has 4 atom stereocenters. The molecule has 0 spiro atoms. The molecular formula is C29H34F3NO5. The van der Waals surface area contributed by atoms with Crippen molar-refractivity contribution in [3.05, 3.63) is 70.8 Å². The van der Waals surface area contributed by atoms with Crippen LogP contribution in [0, 0.1) is 6.92 Å². The van der Waals surface area contributed by atoms with Gasteiger partial charge in [0, 0.05) is 18.9 Å². The molecule has 3 fully saturated rings. The van der Waals surface area contributed by atoms with E-state index in [9.17, 15) is 18.0 Å². The van der Waals surface area contributed by atoms with Crippen molar-refractivity contribution >= 4 is 5.91 Å². The van der Waals surface area contributed by atoms with Crippen molar-refractivity contribution in [3.8, 4) is 0 Å². The first kappa shape index (κ1) is 27.1. The summed E-state index contributed by atoms with van der Waals surface area (Å²) in [4.78, 5) is 13.7. The first-order valence-electron chi connectivity index (χ1n) is 13.1. The Kier molecular flexibility index (Phi) is 7.32. The van der Waals surface area contributed by atoms with Crippen LogP contribution in [0.15, 0.2) is 48.5 Å². The Morgan fingerprint density at radius 2 is 1.74 bits per heavy atom. The van der Waals surface area contributed by atoms with E-state index in [1.807, 2.05) is 31.2 Å². The van der Waals surface area contributed by atoms with Gasteiger partial charge < -0.3 is 24.3 Å². The lowest BCUT2D eigenvalue weighted by Gasteiger charge is -2.43. The molecule has 3 aliphatic rings. The number of benzene rings is 2. The second-order valence-corrected chi connectivity index (χ2v) is 11.1. The molecule has 2 saturated carbocycles. The van der Waals surface area contributed by atoms with Gasteiger partial charge in [0.2, 0.25) is 0 Å². The average molecular weight is 534 g/mol. The van der Waals surface area contributed by atoms with Crippen LogP contribution in [0.5, 0.6) is 0 Å². The van der Waals surface area contributed by atoms with Crippen LogP contribution in [-0.4, -0.2) is 41.6 Å². The van der Waals surface area contributed by atoms with Crippen molar-refractivity contribution in [1.82, 2.24) is 5.32 Å². The summed E-state index contributed by atoms with van der Waals surface area (Å²) in [6, 6.07) is 13.1. The summed E-state index contributed by atoms with van der Waals surface area (Å²) in [7, 11) is 0. The molecule has 206 valence electrons. The largest absolute Gasteiger partial charge is 0.416 e. The zero-order chi connectivity index (χ0) is 27.1. The van der Waals surface area contributed by atoms with Crippen molar-refractivity contribution in [2.75, 3.05) is 0 Å². The van der Waals surface area contributed by atoms with Gasteiger partial charge in [0.15, 0.2) is 11.4 Å². The minimum Gasteiger partial charge on any atom is -0.371 e. The molecule has 0 aromatic heterocycles. The third-order valence-corrected chi connectivity index (χ3v) is 7.29. The van der Waals surface area contributed by atoms with Crippen molar-refractivity contribution in [2.24, 2.45) is 0 Å². The number of hydrogen-bond acceptors (Lipinski definition) is 5. The molecule has 1 N–H and O–H groups in total. The summed E-state index contributed by atoms with van der Waals surface area (Å²) in [5.74, 6) is -1.11. The summed E-state index contributed by atoms with van der Waals surface area (Å²) in [6.07, 6.45) is -3.72. The van der Waals surface area contributed by atoms with E-state index in [0.29, 0.717) is 5.56 Å². The number of aryl methyl sites for hydroxylation is 1. The van der Waals surface area contributed by atoms with Crippen molar-refractivity contribution in [3.63, 3.8) is 0 Å². The maximum absolute atomic E-state index is 13.7. The van der Waals surface area contributed by atoms with E-state index in [4.69, 9.17) is 18.9 Å². The second-order valence-electron chi connectivity index (χ2n) is 11.1. The van der Waals surface area contributed by atoms with Crippen molar-refractivity contribution < 1.29 is 36.9 Å². The SMILES string of the molecule is Cc1cccc(CO[C@]2(C(=O)NC3CC3)C[C@H](OCc3cccc(C(F)(F)F)c3)[C@@H]3OC(C)(C)O[C@@H]3C2)c1. The van der Waals surface area contributed by atoms with Crippen LogP contribution in [0.25, 0.3) is 0 Å². The first-order valence-corrected chi connectivity index (χ1v) is 13.1. The van der Waals surface area contributed by atoms with Gasteiger partial charge in [0.1, 0.15) is 6.10 Å². The Balaban J connectivity index is 1.40. The quantitative estimate of drug-likeness (QED) is 0.489. The fourth-order valence-electron chi connectivity index (χ4n) is 5.32. The second kappa shape index (κ2) is 10.3. The predicted molar refractivity (Wildman–Crippen MR) is 133 cm³/mol. The van der Waals surface area contributed by atoms with Gasteiger partial charge in [0.25, 0.3) is 5.91 Å². The number of amides is 1. The monoisotopic (exact) mass is 533 g/mol. The number of carbonyl (C=O) groups is 1. The molecule has 2 aromatic rings. The molecule has 38 heavy (non-hydrogen) atoms. The van der Waals surface area contributed by atoms with Crippen LogP contribution in [0.1, 0.15) is 61.8 Å². The Hall–Kier alpha value is -2.46. The molecule has 2 aromatic carbocycles. The molecule has 1 aliphatic heterocycles. The van der Waals surface area contributed by atoms with E-state index in [-0.39, 0.29) is 38.0 Å². The number of alkyl halides is 3. The highest BCUT2D eigenvalue weighted by molar-refractivity contribution is 5.86. The minimum absolute atomic E-state index is 0.0696. The van der Waals surface area contributed by atoms with Crippen LogP contribution in [0.2, 0.25) is 0 Å². The van der Waals surface area contributed by atoms with Crippen molar-refractivity contribution in [2.45, 2.75) is 102 Å². The smallest absolute Gasteiger partial charge is 0.371 e. The van der Waals surface area contributed by atoms with E-state index in [0.717, 1.165) is 36.1 Å². The van der Waals surface area contributed by atoms with Gasteiger partial charge in [-0.1, -0.05) is 42.0 Å². The standard InChI is InChI=1S/C29H34F3NO5/c1-18-6-4-7-19(12-18)17-36-28(26(34)33-22-10-11-22)14-23(25-24(15-28)37-27(2,3)38-25)35-16-20-8-5-9-21(13-20)29(30,31)32/h4-9,12-13,22-25H,10-11,14-17H2,1-3H3,(H,33,34)/t23-,24+,25-,28+/m0/s1. The Labute approximate surface area is 220 Å². The highest BCUT2D eigenvalue weighted by atomic mass is 19.4. The van der Waals surface area contributed by atoms with Gasteiger partial charge in [-0.25, -0.2) is 0 Å². The van der Waals surface area contributed by atoms with Gasteiger partial charge in [-0.3, -0.25) is 4.79 Å². The maximum Gasteiger partial charge on any atom is 0.416 e. The fraction of sp³-hybridized carbons (Fsp3) is 0.552. The summed E-state index contributed by atoms with van der Waals surface area (Å²) in [6.45, 7) is 5.75. The number of nitrogens with one attached hydrogen (secondary N) is 1. The highest BCUT2D eigenvalue weighted by Gasteiger charge is 2.58. The number of ether oxygens (including phenoxy) is 4. The molecule has 6 nitrogen and oxygen atoms in total. The van der Waals surface area contributed by atoms with Gasteiger partial charge in [-0.2, -0.15) is 13.2 Å². The van der Waals surface area contributed by atoms with E-state index < -0.39 is 41.4 Å². The Morgan fingerprint density at radius 3 is 2.42 bits per heavy atom. The third kappa shape index (κ3) is 6.22. The van der Waals surface area contributed by atoms with Crippen LogP contribution < -0.4 is 5.32 Å². The van der Waals surface area contributed by atoms with E-state index in [1.165, 1.54) is 6.07 Å². The molecule has 0 bridgehead atoms. The molecule has 9 heteroatoms. The lowest BCUT2D eigenvalue weighted by Crippen LogP contribution is -2.60. The molecule has 1 amide bonds. The summed E-state index contributed by atoms with van der Waals surface area (Å²) in [5, 5.41) is 3.09. The van der Waals surface area contributed by atoms with Crippen LogP contribution in [0.4, 0.5) is 13.2 Å². The number of hydrogen-bond donors (Lipinski definition) is 1. The zero-order valence-corrected chi connectivity index (χ0v) is 21.8. The fourth-order valence-corrected chi connectivity index (χ4v) is 5.32. The molecule has 1 heterocycles. The molecule has 1 saturated heterocycles. The van der Waals surface area contributed by atoms with Gasteiger partial charge in [0.05, 0.1) is 31.0 Å². The molecule has 5 rings (SSSR count). The van der Waals surface area contributed by atoms with Crippen LogP contribution >= 0.6 is 0 Å². The maximum atomic E-state index is 13.7. The van der Waals surface area contributed by atoms with Crippen LogP contribution in [0.3, 0.4) is 0 Å². The Bertz CT molecular complexity index is 1160. The number of carbonyl (C=O) groups excluding carboxylic acids is 1. The zero-order valence-electron chi connectivity index (χ0n) is 21.8. The number of halogens is 3. The first-order chi connectivity index (χ1) is 17.9. The molecule has 2 aliphatic carbocycles. The van der Waals surface area contributed by atoms with E-state index in [2.05, 4.69) is 5.32 Å². The highest BCUT2D eigenvalue weighted by Crippen LogP contribution is 2.44. The Morgan fingerprint density at radius 1 is 1.03 bits per heavy atom.